The van der Waals surface area contributed by atoms with Gasteiger partial charge in [0.25, 0.3) is 0 Å². The van der Waals surface area contributed by atoms with Crippen LogP contribution in [0.4, 0.5) is 5.69 Å². The number of hydrogen-bond donors (Lipinski definition) is 0. The van der Waals surface area contributed by atoms with E-state index in [4.69, 9.17) is 4.99 Å². The number of rotatable bonds is 5. The van der Waals surface area contributed by atoms with Crippen molar-refractivity contribution in [3.63, 3.8) is 0 Å². The average molecular weight is 422 g/mol. The third-order valence-corrected chi connectivity index (χ3v) is 8.13. The predicted octanol–water partition coefficient (Wildman–Crippen LogP) is 8.84. The zero-order chi connectivity index (χ0) is 21.7. The topological polar surface area (TPSA) is 12.4 Å². The Kier molecular flexibility index (Phi) is 5.17. The molecule has 0 unspecified atom stereocenters. The van der Waals surface area contributed by atoms with Crippen molar-refractivity contribution in [2.24, 2.45) is 10.9 Å². The summed E-state index contributed by atoms with van der Waals surface area (Å²) >= 11 is 0. The first-order valence-electron chi connectivity index (χ1n) is 13.0. The van der Waals surface area contributed by atoms with E-state index in [1.165, 1.54) is 84.5 Å². The molecule has 1 aliphatic heterocycles. The maximum atomic E-state index is 5.24. The van der Waals surface area contributed by atoms with E-state index in [0.29, 0.717) is 5.92 Å². The van der Waals surface area contributed by atoms with Crippen LogP contribution in [0.1, 0.15) is 105 Å². The van der Waals surface area contributed by atoms with Gasteiger partial charge in [0, 0.05) is 16.5 Å². The smallest absolute Gasteiger partial charge is 0.0789 e. The minimum absolute atomic E-state index is 0.658. The predicted molar refractivity (Wildman–Crippen MR) is 137 cm³/mol. The van der Waals surface area contributed by atoms with E-state index >= 15 is 0 Å². The van der Waals surface area contributed by atoms with Crippen LogP contribution in [0.5, 0.6) is 0 Å². The molecule has 0 bridgehead atoms. The number of nitrogens with zero attached hydrogens (tertiary/aromatic N) is 1. The Morgan fingerprint density at radius 1 is 0.812 bits per heavy atom. The van der Waals surface area contributed by atoms with Gasteiger partial charge in [-0.3, -0.25) is 0 Å². The van der Waals surface area contributed by atoms with Crippen LogP contribution >= 0.6 is 0 Å². The van der Waals surface area contributed by atoms with Crippen molar-refractivity contribution >= 4 is 22.2 Å². The Labute approximate surface area is 193 Å². The molecule has 0 radical (unpaired) electrons. The van der Waals surface area contributed by atoms with E-state index in [2.05, 4.69) is 62.4 Å². The molecule has 0 atom stereocenters. The highest BCUT2D eigenvalue weighted by atomic mass is 14.8. The Morgan fingerprint density at radius 3 is 2.09 bits per heavy atom. The van der Waals surface area contributed by atoms with Crippen molar-refractivity contribution in [3.05, 3.63) is 76.3 Å². The van der Waals surface area contributed by atoms with Crippen molar-refractivity contribution in [1.29, 1.82) is 0 Å². The van der Waals surface area contributed by atoms with Crippen LogP contribution in [0.15, 0.2) is 53.5 Å². The van der Waals surface area contributed by atoms with Crippen molar-refractivity contribution in [2.75, 3.05) is 0 Å². The minimum Gasteiger partial charge on any atom is -0.247 e. The zero-order valence-corrected chi connectivity index (χ0v) is 19.7. The van der Waals surface area contributed by atoms with Gasteiger partial charge in [-0.1, -0.05) is 69.9 Å². The molecule has 6 rings (SSSR count). The molecule has 0 spiro atoms. The molecule has 1 nitrogen and oxygen atoms in total. The fourth-order valence-electron chi connectivity index (χ4n) is 6.56. The van der Waals surface area contributed by atoms with Gasteiger partial charge < -0.3 is 0 Å². The highest BCUT2D eigenvalue weighted by molar-refractivity contribution is 6.26. The lowest BCUT2D eigenvalue weighted by Crippen LogP contribution is -2.06. The van der Waals surface area contributed by atoms with Gasteiger partial charge in [-0.05, 0) is 90.1 Å². The molecule has 2 aliphatic carbocycles. The van der Waals surface area contributed by atoms with Gasteiger partial charge in [0.1, 0.15) is 0 Å². The van der Waals surface area contributed by atoms with Gasteiger partial charge in [0.15, 0.2) is 0 Å². The third kappa shape index (κ3) is 3.51. The Balaban J connectivity index is 1.47. The summed E-state index contributed by atoms with van der Waals surface area (Å²) in [5.41, 5.74) is 9.66. The molecule has 32 heavy (non-hydrogen) atoms. The lowest BCUT2D eigenvalue weighted by Gasteiger charge is -2.18. The van der Waals surface area contributed by atoms with E-state index in [1.807, 2.05) is 0 Å². The molecule has 0 saturated heterocycles. The fraction of sp³-hybridized carbons (Fsp3) is 0.452. The third-order valence-electron chi connectivity index (χ3n) is 8.13. The Hall–Kier alpha value is -2.41. The molecule has 1 heteroatoms. The standard InChI is InChI=1S/C31H35N/c1-20(2)16-23-14-15-29-30-27(23)12-7-13-28(30)31(32-29)26-18-24(21-8-3-4-9-21)17-25(19-26)22-10-5-6-11-22/h7,12-15,17-22H,3-6,8-11,16H2,1-2H3. The van der Waals surface area contributed by atoms with Crippen LogP contribution in [-0.4, -0.2) is 5.71 Å². The second kappa shape index (κ2) is 8.18. The minimum atomic E-state index is 0.658. The first kappa shape index (κ1) is 20.2. The summed E-state index contributed by atoms with van der Waals surface area (Å²) in [6.45, 7) is 4.62. The van der Waals surface area contributed by atoms with Gasteiger partial charge in [-0.15, -0.1) is 0 Å². The van der Waals surface area contributed by atoms with Crippen LogP contribution in [0, 0.1) is 5.92 Å². The molecule has 1 heterocycles. The summed E-state index contributed by atoms with van der Waals surface area (Å²) in [6.07, 6.45) is 12.1. The van der Waals surface area contributed by atoms with E-state index in [1.54, 1.807) is 11.1 Å². The molecular formula is C31H35N. The summed E-state index contributed by atoms with van der Waals surface area (Å²) in [7, 11) is 0. The van der Waals surface area contributed by atoms with Gasteiger partial charge in [0.2, 0.25) is 0 Å². The zero-order valence-electron chi connectivity index (χ0n) is 19.7. The summed E-state index contributed by atoms with van der Waals surface area (Å²) < 4.78 is 0. The largest absolute Gasteiger partial charge is 0.247 e. The Morgan fingerprint density at radius 2 is 1.47 bits per heavy atom. The summed E-state index contributed by atoms with van der Waals surface area (Å²) in [6, 6.07) is 19.0. The quantitative estimate of drug-likeness (QED) is 0.305. The number of benzene rings is 3. The van der Waals surface area contributed by atoms with Crippen molar-refractivity contribution in [3.8, 4) is 0 Å². The highest BCUT2D eigenvalue weighted by Crippen LogP contribution is 2.43. The van der Waals surface area contributed by atoms with Gasteiger partial charge >= 0.3 is 0 Å². The second-order valence-corrected chi connectivity index (χ2v) is 10.9. The van der Waals surface area contributed by atoms with Crippen LogP contribution in [0.3, 0.4) is 0 Å². The lowest BCUT2D eigenvalue weighted by molar-refractivity contribution is 0.650. The molecule has 0 aromatic heterocycles. The molecule has 3 aromatic carbocycles. The number of hydrogen-bond acceptors (Lipinski definition) is 1. The molecule has 0 N–H and O–H groups in total. The summed E-state index contributed by atoms with van der Waals surface area (Å²) in [5.74, 6) is 2.15. The highest BCUT2D eigenvalue weighted by Gasteiger charge is 2.26. The van der Waals surface area contributed by atoms with Crippen molar-refractivity contribution in [1.82, 2.24) is 0 Å². The SMILES string of the molecule is CC(C)Cc1ccc2c3c(cccc13)C(c1cc(C3CCCC3)cc(C3CCCC3)c1)=N2. The Bertz CT molecular complexity index is 1150. The second-order valence-electron chi connectivity index (χ2n) is 10.9. The molecule has 0 amide bonds. The van der Waals surface area contributed by atoms with Gasteiger partial charge in [0.05, 0.1) is 11.4 Å². The lowest BCUT2D eigenvalue weighted by atomic mass is 9.86. The first-order chi connectivity index (χ1) is 15.7. The maximum absolute atomic E-state index is 5.24. The molecule has 2 fully saturated rings. The van der Waals surface area contributed by atoms with E-state index in [0.717, 1.165) is 23.9 Å². The van der Waals surface area contributed by atoms with Crippen LogP contribution in [0.25, 0.3) is 10.8 Å². The van der Waals surface area contributed by atoms with Crippen LogP contribution < -0.4 is 0 Å². The van der Waals surface area contributed by atoms with Crippen molar-refractivity contribution in [2.45, 2.75) is 83.5 Å². The van der Waals surface area contributed by atoms with Gasteiger partial charge in [-0.25, -0.2) is 4.99 Å². The maximum Gasteiger partial charge on any atom is 0.0789 e. The molecule has 3 aromatic rings. The molecular weight excluding hydrogens is 386 g/mol. The summed E-state index contributed by atoms with van der Waals surface area (Å²) in [5, 5.41) is 2.77. The monoisotopic (exact) mass is 421 g/mol. The van der Waals surface area contributed by atoms with Crippen molar-refractivity contribution < 1.29 is 0 Å². The van der Waals surface area contributed by atoms with E-state index in [-0.39, 0.29) is 0 Å². The van der Waals surface area contributed by atoms with Crippen LogP contribution in [-0.2, 0) is 6.42 Å². The number of aliphatic imine (C=N–C) groups is 1. The molecule has 3 aliphatic rings. The van der Waals surface area contributed by atoms with Crippen LogP contribution in [0.2, 0.25) is 0 Å². The summed E-state index contributed by atoms with van der Waals surface area (Å²) in [4.78, 5) is 5.24. The fourth-order valence-corrected chi connectivity index (χ4v) is 6.56. The first-order valence-corrected chi connectivity index (χ1v) is 13.0. The van der Waals surface area contributed by atoms with Gasteiger partial charge in [-0.2, -0.15) is 0 Å². The average Bonchev–Trinajstić information content (AvgIpc) is 3.57. The van der Waals surface area contributed by atoms with E-state index < -0.39 is 0 Å². The normalized spacial score (nSPS) is 18.9. The van der Waals surface area contributed by atoms with E-state index in [9.17, 15) is 0 Å². The molecule has 164 valence electrons. The molecule has 2 saturated carbocycles.